The molecule has 2 saturated heterocycles. The third-order valence-corrected chi connectivity index (χ3v) is 12.3. The highest BCUT2D eigenvalue weighted by Crippen LogP contribution is 2.66. The number of amides is 4. The van der Waals surface area contributed by atoms with Gasteiger partial charge in [-0.1, -0.05) is 30.7 Å². The summed E-state index contributed by atoms with van der Waals surface area (Å²) in [5, 5.41) is 10.7. The van der Waals surface area contributed by atoms with Crippen LogP contribution >= 0.6 is 45.8 Å². The molecule has 2 aliphatic carbocycles. The fourth-order valence-electron chi connectivity index (χ4n) is 7.82. The van der Waals surface area contributed by atoms with Gasteiger partial charge in [-0.2, -0.15) is 0 Å². The molecule has 6 atom stereocenters. The Morgan fingerprint density at radius 1 is 0.936 bits per heavy atom. The first-order chi connectivity index (χ1) is 22.4. The van der Waals surface area contributed by atoms with Crippen LogP contribution in [0.5, 0.6) is 11.5 Å². The molecule has 4 aliphatic rings. The fourth-order valence-corrected chi connectivity index (χ4v) is 9.38. The summed E-state index contributed by atoms with van der Waals surface area (Å²) in [5.74, 6) is -6.29. The third kappa shape index (κ3) is 4.43. The molecule has 6 unspecified atom stereocenters. The number of fused-ring (bicyclic) bond motifs is 4. The lowest BCUT2D eigenvalue weighted by Gasteiger charge is -2.50. The van der Waals surface area contributed by atoms with Gasteiger partial charge in [0.1, 0.15) is 5.82 Å². The van der Waals surface area contributed by atoms with Crippen LogP contribution in [0.1, 0.15) is 36.8 Å². The van der Waals surface area contributed by atoms with Crippen molar-refractivity contribution in [3.63, 3.8) is 0 Å². The molecule has 2 heterocycles. The van der Waals surface area contributed by atoms with Gasteiger partial charge in [0.25, 0.3) is 11.8 Å². The smallest absolute Gasteiger partial charge is 0.258 e. The highest BCUT2D eigenvalue weighted by Gasteiger charge is 2.76. The van der Waals surface area contributed by atoms with E-state index in [2.05, 4.69) is 0 Å². The molecule has 242 valence electrons. The summed E-state index contributed by atoms with van der Waals surface area (Å²) >= 11 is 16.8. The first-order valence-corrected chi connectivity index (χ1v) is 17.0. The molecule has 4 amide bonds. The van der Waals surface area contributed by atoms with E-state index in [-0.39, 0.29) is 35.9 Å². The number of anilines is 2. The van der Waals surface area contributed by atoms with E-state index in [0.717, 1.165) is 29.0 Å². The number of allylic oxidation sites excluding steroid dienone is 2. The van der Waals surface area contributed by atoms with Gasteiger partial charge >= 0.3 is 0 Å². The molecule has 0 bridgehead atoms. The zero-order valence-corrected chi connectivity index (χ0v) is 28.8. The molecule has 2 aliphatic heterocycles. The summed E-state index contributed by atoms with van der Waals surface area (Å²) in [6, 6.07) is 15.3. The predicted molar refractivity (Wildman–Crippen MR) is 182 cm³/mol. The van der Waals surface area contributed by atoms with Gasteiger partial charge < -0.3 is 9.84 Å². The zero-order valence-electron chi connectivity index (χ0n) is 25.2. The SMILES string of the molecule is CCc1ccc(N2C(=O)C3CC=C4C(CC5(Cl)C(=O)N(c6ccc(F)cc6)C(=O)C5(Cl)C4c4cc(I)c(O)c(OC)c4)C3C2=O)cc1. The van der Waals surface area contributed by atoms with E-state index >= 15 is 0 Å². The number of phenols is 1. The Bertz CT molecular complexity index is 1900. The van der Waals surface area contributed by atoms with E-state index in [1.807, 2.05) is 47.7 Å². The van der Waals surface area contributed by atoms with Gasteiger partial charge in [0, 0.05) is 5.92 Å². The molecule has 1 N–H and O–H groups in total. The normalized spacial score (nSPS) is 29.9. The van der Waals surface area contributed by atoms with E-state index in [1.54, 1.807) is 24.3 Å². The lowest BCUT2D eigenvalue weighted by molar-refractivity contribution is -0.125. The Morgan fingerprint density at radius 3 is 2.21 bits per heavy atom. The van der Waals surface area contributed by atoms with Crippen LogP contribution in [0.15, 0.2) is 72.3 Å². The first-order valence-electron chi connectivity index (χ1n) is 15.1. The van der Waals surface area contributed by atoms with Crippen LogP contribution < -0.4 is 14.5 Å². The second-order valence-corrected chi connectivity index (χ2v) is 14.7. The average Bonchev–Trinajstić information content (AvgIpc) is 3.40. The van der Waals surface area contributed by atoms with E-state index < -0.39 is 57.0 Å². The highest BCUT2D eigenvalue weighted by atomic mass is 127. The van der Waals surface area contributed by atoms with Crippen LogP contribution in [0.3, 0.4) is 0 Å². The lowest BCUT2D eigenvalue weighted by Crippen LogP contribution is -2.60. The van der Waals surface area contributed by atoms with Crippen LogP contribution in [-0.2, 0) is 25.6 Å². The number of carbonyl (C=O) groups is 4. The van der Waals surface area contributed by atoms with Gasteiger partial charge in [-0.05, 0) is 107 Å². The van der Waals surface area contributed by atoms with E-state index in [4.69, 9.17) is 27.9 Å². The number of ether oxygens (including phenoxy) is 1. The summed E-state index contributed by atoms with van der Waals surface area (Å²) < 4.78 is 19.7. The lowest BCUT2D eigenvalue weighted by atomic mass is 9.56. The summed E-state index contributed by atoms with van der Waals surface area (Å²) in [4.78, 5) is 55.0. The molecule has 0 aromatic heterocycles. The van der Waals surface area contributed by atoms with Crippen LogP contribution in [0.2, 0.25) is 0 Å². The molecular weight excluding hydrogens is 761 g/mol. The second-order valence-electron chi connectivity index (χ2n) is 12.3. The number of hydrogen-bond acceptors (Lipinski definition) is 6. The van der Waals surface area contributed by atoms with Crippen molar-refractivity contribution < 1.29 is 33.4 Å². The van der Waals surface area contributed by atoms with Gasteiger partial charge in [-0.3, -0.25) is 24.1 Å². The monoisotopic (exact) mass is 788 g/mol. The number of hydrogen-bond donors (Lipinski definition) is 1. The number of benzene rings is 3. The molecule has 0 radical (unpaired) electrons. The van der Waals surface area contributed by atoms with Crippen molar-refractivity contribution in [2.75, 3.05) is 16.9 Å². The predicted octanol–water partition coefficient (Wildman–Crippen LogP) is 6.47. The Labute approximate surface area is 293 Å². The number of carbonyl (C=O) groups excluding carboxylic acids is 4. The topological polar surface area (TPSA) is 104 Å². The minimum Gasteiger partial charge on any atom is -0.504 e. The molecule has 47 heavy (non-hydrogen) atoms. The zero-order chi connectivity index (χ0) is 33.6. The maximum atomic E-state index is 14.5. The van der Waals surface area contributed by atoms with E-state index in [1.165, 1.54) is 24.1 Å². The molecule has 0 spiro atoms. The van der Waals surface area contributed by atoms with E-state index in [0.29, 0.717) is 20.4 Å². The molecule has 7 rings (SSSR count). The molecule has 12 heteroatoms. The summed E-state index contributed by atoms with van der Waals surface area (Å²) in [5.41, 5.74) is 2.65. The number of imide groups is 2. The molecule has 8 nitrogen and oxygen atoms in total. The van der Waals surface area contributed by atoms with Gasteiger partial charge in [0.2, 0.25) is 11.8 Å². The molecule has 3 aromatic rings. The molecule has 1 saturated carbocycles. The Balaban J connectivity index is 1.40. The Hall–Kier alpha value is -3.48. The Kier molecular flexibility index (Phi) is 7.72. The standard InChI is InChI=1S/C35H28Cl2FIN2O6/c1-3-17-4-8-20(9-5-17)40-30(43)23-13-12-22-24(27(23)31(40)44)16-34(36)32(45)41(21-10-6-19(38)7-11-21)33(46)35(34,37)28(22)18-14-25(39)29(42)26(15-18)47-2/h4-12,14-15,23-24,27-28,42H,3,13,16H2,1-2H3. The van der Waals surface area contributed by atoms with Gasteiger partial charge in [0.05, 0.1) is 33.9 Å². The van der Waals surface area contributed by atoms with Crippen molar-refractivity contribution in [1.29, 1.82) is 0 Å². The number of halogens is 4. The van der Waals surface area contributed by atoms with Crippen LogP contribution in [0.25, 0.3) is 0 Å². The number of phenolic OH excluding ortho intramolecular Hbond substituents is 1. The van der Waals surface area contributed by atoms with Crippen molar-refractivity contribution in [2.24, 2.45) is 17.8 Å². The second kappa shape index (κ2) is 11.3. The third-order valence-electron chi connectivity index (χ3n) is 10.1. The summed E-state index contributed by atoms with van der Waals surface area (Å²) in [7, 11) is 1.39. The van der Waals surface area contributed by atoms with Crippen LogP contribution in [0.4, 0.5) is 15.8 Å². The minimum absolute atomic E-state index is 0.0936. The number of methoxy groups -OCH3 is 1. The highest BCUT2D eigenvalue weighted by molar-refractivity contribution is 14.1. The van der Waals surface area contributed by atoms with E-state index in [9.17, 15) is 28.7 Å². The maximum Gasteiger partial charge on any atom is 0.258 e. The molecule has 3 fully saturated rings. The van der Waals surface area contributed by atoms with Crippen molar-refractivity contribution >= 4 is 80.8 Å². The number of rotatable bonds is 5. The van der Waals surface area contributed by atoms with Crippen LogP contribution in [-0.4, -0.2) is 45.6 Å². The number of aryl methyl sites for hydroxylation is 1. The number of aromatic hydroxyl groups is 1. The van der Waals surface area contributed by atoms with Crippen molar-refractivity contribution in [2.45, 2.75) is 41.9 Å². The molecule has 3 aromatic carbocycles. The average molecular weight is 789 g/mol. The number of alkyl halides is 2. The quantitative estimate of drug-likeness (QED) is 0.138. The maximum absolute atomic E-state index is 14.5. The van der Waals surface area contributed by atoms with Crippen molar-refractivity contribution in [3.05, 3.63) is 92.8 Å². The first kappa shape index (κ1) is 32.1. The van der Waals surface area contributed by atoms with Crippen molar-refractivity contribution in [3.8, 4) is 11.5 Å². The van der Waals surface area contributed by atoms with Gasteiger partial charge in [-0.15, -0.1) is 23.2 Å². The van der Waals surface area contributed by atoms with Gasteiger partial charge in [-0.25, -0.2) is 9.29 Å². The van der Waals surface area contributed by atoms with Crippen molar-refractivity contribution in [1.82, 2.24) is 0 Å². The summed E-state index contributed by atoms with van der Waals surface area (Å²) in [6.07, 6.45) is 2.65. The summed E-state index contributed by atoms with van der Waals surface area (Å²) in [6.45, 7) is 2.01. The molecular formula is C35H28Cl2FIN2O6. The fraction of sp³-hybridized carbons (Fsp3) is 0.314. The van der Waals surface area contributed by atoms with Gasteiger partial charge in [0.15, 0.2) is 21.2 Å². The minimum atomic E-state index is -2.10. The number of nitrogens with zero attached hydrogens (tertiary/aromatic N) is 2. The largest absolute Gasteiger partial charge is 0.504 e. The Morgan fingerprint density at radius 2 is 1.57 bits per heavy atom. The van der Waals surface area contributed by atoms with Crippen LogP contribution in [0, 0.1) is 27.1 Å².